The lowest BCUT2D eigenvalue weighted by molar-refractivity contribution is -0.120. The van der Waals surface area contributed by atoms with E-state index in [9.17, 15) is 14.0 Å². The molecule has 1 aromatic carbocycles. The number of rotatable bonds is 3. The first-order chi connectivity index (χ1) is 6.95. The van der Waals surface area contributed by atoms with E-state index in [0.717, 1.165) is 18.1 Å². The molecule has 0 aromatic heterocycles. The van der Waals surface area contributed by atoms with Gasteiger partial charge in [-0.2, -0.15) is 0 Å². The van der Waals surface area contributed by atoms with Crippen LogP contribution in [0.3, 0.4) is 0 Å². The quantitative estimate of drug-likeness (QED) is 0.564. The third-order valence-corrected chi connectivity index (χ3v) is 2.46. The van der Waals surface area contributed by atoms with Crippen molar-refractivity contribution in [1.82, 2.24) is 0 Å². The van der Waals surface area contributed by atoms with Crippen molar-refractivity contribution in [1.29, 1.82) is 0 Å². The maximum atomic E-state index is 13.2. The summed E-state index contributed by atoms with van der Waals surface area (Å²) in [6.45, 7) is 4.66. The Morgan fingerprint density at radius 2 is 1.87 bits per heavy atom. The molecule has 0 saturated carbocycles. The topological polar surface area (TPSA) is 34.1 Å². The Labute approximate surface area is 88.1 Å². The fourth-order valence-electron chi connectivity index (χ4n) is 1.34. The lowest BCUT2D eigenvalue weighted by atomic mass is 9.97. The summed E-state index contributed by atoms with van der Waals surface area (Å²) in [5.41, 5.74) is 1.93. The van der Waals surface area contributed by atoms with Crippen LogP contribution in [0.25, 0.3) is 0 Å². The second-order valence-electron chi connectivity index (χ2n) is 3.58. The number of alkyl halides is 1. The third-order valence-electron chi connectivity index (χ3n) is 2.46. The summed E-state index contributed by atoms with van der Waals surface area (Å²) in [5, 5.41) is 0. The zero-order chi connectivity index (χ0) is 11.6. The van der Waals surface area contributed by atoms with Gasteiger partial charge >= 0.3 is 0 Å². The first-order valence-electron chi connectivity index (χ1n) is 4.70. The monoisotopic (exact) mass is 208 g/mol. The zero-order valence-electron chi connectivity index (χ0n) is 9.00. The van der Waals surface area contributed by atoms with E-state index in [1.165, 1.54) is 0 Å². The number of carbonyl (C=O) groups is 2. The number of benzene rings is 1. The summed E-state index contributed by atoms with van der Waals surface area (Å²) in [4.78, 5) is 22.3. The van der Waals surface area contributed by atoms with Gasteiger partial charge in [0.1, 0.15) is 0 Å². The summed E-state index contributed by atoms with van der Waals surface area (Å²) >= 11 is 0. The van der Waals surface area contributed by atoms with E-state index >= 15 is 0 Å². The van der Waals surface area contributed by atoms with Crippen molar-refractivity contribution in [3.8, 4) is 0 Å². The average Bonchev–Trinajstić information content (AvgIpc) is 2.20. The number of hydrogen-bond acceptors (Lipinski definition) is 2. The molecule has 0 aliphatic carbocycles. The summed E-state index contributed by atoms with van der Waals surface area (Å²) in [6.07, 6.45) is -2.04. The molecular formula is C12H13FO2. The van der Waals surface area contributed by atoms with E-state index in [-0.39, 0.29) is 5.56 Å². The minimum atomic E-state index is -2.04. The highest BCUT2D eigenvalue weighted by atomic mass is 19.1. The SMILES string of the molecule is CC(=O)C(F)C(=O)c1cccc(C)c1C. The molecule has 1 atom stereocenters. The number of aryl methyl sites for hydroxylation is 1. The highest BCUT2D eigenvalue weighted by Crippen LogP contribution is 2.16. The lowest BCUT2D eigenvalue weighted by Gasteiger charge is -2.08. The van der Waals surface area contributed by atoms with Crippen molar-refractivity contribution >= 4 is 11.6 Å². The Morgan fingerprint density at radius 3 is 2.40 bits per heavy atom. The van der Waals surface area contributed by atoms with E-state index in [1.54, 1.807) is 19.1 Å². The molecule has 0 spiro atoms. The largest absolute Gasteiger partial charge is 0.296 e. The van der Waals surface area contributed by atoms with Gasteiger partial charge in [-0.05, 0) is 31.9 Å². The van der Waals surface area contributed by atoms with Crippen molar-refractivity contribution < 1.29 is 14.0 Å². The van der Waals surface area contributed by atoms with Crippen LogP contribution in [-0.2, 0) is 4.79 Å². The zero-order valence-corrected chi connectivity index (χ0v) is 9.00. The van der Waals surface area contributed by atoms with E-state index in [2.05, 4.69) is 0 Å². The van der Waals surface area contributed by atoms with Crippen LogP contribution < -0.4 is 0 Å². The number of hydrogen-bond donors (Lipinski definition) is 0. The second kappa shape index (κ2) is 4.34. The van der Waals surface area contributed by atoms with Gasteiger partial charge in [0, 0.05) is 5.56 Å². The van der Waals surface area contributed by atoms with E-state index in [1.807, 2.05) is 13.0 Å². The molecule has 1 unspecified atom stereocenters. The molecule has 0 bridgehead atoms. The van der Waals surface area contributed by atoms with Crippen molar-refractivity contribution in [2.75, 3.05) is 0 Å². The summed E-state index contributed by atoms with van der Waals surface area (Å²) < 4.78 is 13.2. The van der Waals surface area contributed by atoms with Crippen LogP contribution in [0.4, 0.5) is 4.39 Å². The van der Waals surface area contributed by atoms with Crippen molar-refractivity contribution in [2.45, 2.75) is 26.9 Å². The van der Waals surface area contributed by atoms with E-state index in [4.69, 9.17) is 0 Å². The number of carbonyl (C=O) groups excluding carboxylic acids is 2. The van der Waals surface area contributed by atoms with E-state index < -0.39 is 17.7 Å². The van der Waals surface area contributed by atoms with Crippen LogP contribution in [0.1, 0.15) is 28.4 Å². The Kier molecular flexibility index (Phi) is 3.35. The number of Topliss-reactive ketones (excluding diaryl/α,β-unsaturated/α-hetero) is 2. The van der Waals surface area contributed by atoms with Gasteiger partial charge in [0.2, 0.25) is 12.0 Å². The summed E-state index contributed by atoms with van der Waals surface area (Å²) in [6, 6.07) is 5.07. The van der Waals surface area contributed by atoms with Crippen LogP contribution in [0.2, 0.25) is 0 Å². The fourth-order valence-corrected chi connectivity index (χ4v) is 1.34. The standard InChI is InChI=1S/C12H13FO2/c1-7-5-4-6-10(8(7)2)12(15)11(13)9(3)14/h4-6,11H,1-3H3. The molecule has 1 aromatic rings. The first kappa shape index (κ1) is 11.6. The molecule has 15 heavy (non-hydrogen) atoms. The summed E-state index contributed by atoms with van der Waals surface area (Å²) in [7, 11) is 0. The molecule has 3 heteroatoms. The van der Waals surface area contributed by atoms with Crippen LogP contribution in [0.5, 0.6) is 0 Å². The molecule has 0 radical (unpaired) electrons. The van der Waals surface area contributed by atoms with Crippen LogP contribution in [0, 0.1) is 13.8 Å². The van der Waals surface area contributed by atoms with Gasteiger partial charge in [-0.25, -0.2) is 4.39 Å². The molecule has 0 saturated heterocycles. The van der Waals surface area contributed by atoms with E-state index in [0.29, 0.717) is 0 Å². The minimum Gasteiger partial charge on any atom is -0.296 e. The Morgan fingerprint density at radius 1 is 1.27 bits per heavy atom. The highest BCUT2D eigenvalue weighted by Gasteiger charge is 2.24. The van der Waals surface area contributed by atoms with Crippen molar-refractivity contribution in [3.63, 3.8) is 0 Å². The van der Waals surface area contributed by atoms with Gasteiger partial charge < -0.3 is 0 Å². The third kappa shape index (κ3) is 2.29. The normalized spacial score (nSPS) is 12.3. The molecule has 2 nitrogen and oxygen atoms in total. The highest BCUT2D eigenvalue weighted by molar-refractivity contribution is 6.13. The molecule has 0 amide bonds. The lowest BCUT2D eigenvalue weighted by Crippen LogP contribution is -2.24. The maximum Gasteiger partial charge on any atom is 0.220 e. The smallest absolute Gasteiger partial charge is 0.220 e. The number of ketones is 2. The van der Waals surface area contributed by atoms with Crippen LogP contribution in [-0.4, -0.2) is 17.7 Å². The van der Waals surface area contributed by atoms with Crippen molar-refractivity contribution in [3.05, 3.63) is 34.9 Å². The van der Waals surface area contributed by atoms with Gasteiger partial charge in [0.05, 0.1) is 0 Å². The molecule has 0 heterocycles. The van der Waals surface area contributed by atoms with Crippen LogP contribution >= 0.6 is 0 Å². The Hall–Kier alpha value is -1.51. The van der Waals surface area contributed by atoms with Gasteiger partial charge in [0.25, 0.3) is 0 Å². The van der Waals surface area contributed by atoms with Crippen LogP contribution in [0.15, 0.2) is 18.2 Å². The molecule has 1 rings (SSSR count). The molecule has 80 valence electrons. The predicted molar refractivity (Wildman–Crippen MR) is 55.8 cm³/mol. The average molecular weight is 208 g/mol. The first-order valence-corrected chi connectivity index (χ1v) is 4.70. The molecular weight excluding hydrogens is 195 g/mol. The fraction of sp³-hybridized carbons (Fsp3) is 0.333. The van der Waals surface area contributed by atoms with Crippen molar-refractivity contribution in [2.24, 2.45) is 0 Å². The van der Waals surface area contributed by atoms with Gasteiger partial charge in [-0.15, -0.1) is 0 Å². The van der Waals surface area contributed by atoms with Gasteiger partial charge in [-0.3, -0.25) is 9.59 Å². The molecule has 0 aliphatic rings. The summed E-state index contributed by atoms with van der Waals surface area (Å²) in [5.74, 6) is -1.50. The maximum absolute atomic E-state index is 13.2. The molecule has 0 N–H and O–H groups in total. The Balaban J connectivity index is 3.12. The second-order valence-corrected chi connectivity index (χ2v) is 3.58. The predicted octanol–water partition coefficient (Wildman–Crippen LogP) is 2.41. The Bertz CT molecular complexity index is 410. The number of halogens is 1. The van der Waals surface area contributed by atoms with Gasteiger partial charge in [0.15, 0.2) is 5.78 Å². The molecule has 0 fully saturated rings. The molecule has 0 aliphatic heterocycles. The minimum absolute atomic E-state index is 0.290. The van der Waals surface area contributed by atoms with Gasteiger partial charge in [-0.1, -0.05) is 18.2 Å².